The molecule has 1 aromatic carbocycles. The maximum absolute atomic E-state index is 11.1. The molecule has 1 heterocycles. The Hall–Kier alpha value is -1.03. The molecule has 0 atom stereocenters. The molecule has 0 amide bonds. The Morgan fingerprint density at radius 2 is 2.06 bits per heavy atom. The molecule has 0 bridgehead atoms. The van der Waals surface area contributed by atoms with Crippen LogP contribution in [0.15, 0.2) is 22.7 Å². The molecule has 1 saturated heterocycles. The number of benzene rings is 1. The lowest BCUT2D eigenvalue weighted by Crippen LogP contribution is -2.32. The first-order valence-corrected chi connectivity index (χ1v) is 6.65. The summed E-state index contributed by atoms with van der Waals surface area (Å²) in [4.78, 5) is 13.3. The van der Waals surface area contributed by atoms with Gasteiger partial charge in [0, 0.05) is 23.2 Å². The minimum atomic E-state index is -0.885. The Balaban J connectivity index is 2.21. The van der Waals surface area contributed by atoms with Crippen LogP contribution in [0.2, 0.25) is 0 Å². The third kappa shape index (κ3) is 2.80. The molecular weight excluding hydrogens is 282 g/mol. The number of hydrogen-bond donors (Lipinski definition) is 1. The van der Waals surface area contributed by atoms with E-state index in [0.717, 1.165) is 24.7 Å². The van der Waals surface area contributed by atoms with Crippen molar-refractivity contribution in [2.45, 2.75) is 19.8 Å². The van der Waals surface area contributed by atoms with Gasteiger partial charge in [-0.15, -0.1) is 0 Å². The molecule has 0 radical (unpaired) electrons. The summed E-state index contributed by atoms with van der Waals surface area (Å²) in [7, 11) is 0. The molecule has 0 saturated carbocycles. The van der Waals surface area contributed by atoms with E-state index in [4.69, 9.17) is 5.11 Å². The first-order chi connectivity index (χ1) is 8.08. The van der Waals surface area contributed by atoms with Crippen molar-refractivity contribution in [3.63, 3.8) is 0 Å². The van der Waals surface area contributed by atoms with Crippen molar-refractivity contribution in [2.24, 2.45) is 5.92 Å². The van der Waals surface area contributed by atoms with Gasteiger partial charge in [-0.3, -0.25) is 0 Å². The summed E-state index contributed by atoms with van der Waals surface area (Å²) in [5.74, 6) is -0.107. The summed E-state index contributed by atoms with van der Waals surface area (Å²) in [5, 5.41) is 9.08. The Morgan fingerprint density at radius 3 is 2.65 bits per heavy atom. The van der Waals surface area contributed by atoms with Crippen molar-refractivity contribution in [1.82, 2.24) is 0 Å². The third-order valence-electron chi connectivity index (χ3n) is 3.33. The minimum absolute atomic E-state index is 0.334. The molecule has 4 heteroatoms. The van der Waals surface area contributed by atoms with Gasteiger partial charge >= 0.3 is 5.97 Å². The molecule has 1 fully saturated rings. The largest absolute Gasteiger partial charge is 0.478 e. The number of carbonyl (C=O) groups is 1. The van der Waals surface area contributed by atoms with Crippen LogP contribution < -0.4 is 4.90 Å². The maximum Gasteiger partial charge on any atom is 0.336 e. The molecule has 1 aliphatic rings. The number of anilines is 1. The fraction of sp³-hybridized carbons (Fsp3) is 0.462. The topological polar surface area (TPSA) is 40.5 Å². The number of carboxylic acids is 1. The van der Waals surface area contributed by atoms with E-state index >= 15 is 0 Å². The average molecular weight is 298 g/mol. The van der Waals surface area contributed by atoms with Crippen LogP contribution >= 0.6 is 15.9 Å². The molecule has 0 spiro atoms. The van der Waals surface area contributed by atoms with Crippen molar-refractivity contribution in [1.29, 1.82) is 0 Å². The molecular formula is C13H16BrNO2. The third-order valence-corrected chi connectivity index (χ3v) is 4.02. The molecule has 17 heavy (non-hydrogen) atoms. The van der Waals surface area contributed by atoms with E-state index in [1.807, 2.05) is 12.1 Å². The standard InChI is InChI=1S/C13H16BrNO2/c1-9-4-6-15(7-5-9)10-2-3-12(14)11(8-10)13(16)17/h2-3,8-9H,4-7H2,1H3,(H,16,17). The molecule has 3 nitrogen and oxygen atoms in total. The van der Waals surface area contributed by atoms with Crippen LogP contribution in [-0.2, 0) is 0 Å². The van der Waals surface area contributed by atoms with Gasteiger partial charge in [0.15, 0.2) is 0 Å². The predicted octanol–water partition coefficient (Wildman–Crippen LogP) is 3.38. The summed E-state index contributed by atoms with van der Waals surface area (Å²) in [6.45, 7) is 4.30. The minimum Gasteiger partial charge on any atom is -0.478 e. The first-order valence-electron chi connectivity index (χ1n) is 5.85. The maximum atomic E-state index is 11.1. The van der Waals surface area contributed by atoms with Crippen molar-refractivity contribution >= 4 is 27.6 Å². The number of halogens is 1. The lowest BCUT2D eigenvalue weighted by molar-refractivity contribution is 0.0696. The normalized spacial score (nSPS) is 17.2. The van der Waals surface area contributed by atoms with Gasteiger partial charge in [-0.2, -0.15) is 0 Å². The van der Waals surface area contributed by atoms with E-state index in [-0.39, 0.29) is 0 Å². The van der Waals surface area contributed by atoms with Crippen molar-refractivity contribution in [3.8, 4) is 0 Å². The predicted molar refractivity (Wildman–Crippen MR) is 71.7 cm³/mol. The highest BCUT2D eigenvalue weighted by atomic mass is 79.9. The van der Waals surface area contributed by atoms with Gasteiger partial charge in [-0.05, 0) is 52.9 Å². The quantitative estimate of drug-likeness (QED) is 0.910. The molecule has 0 unspecified atom stereocenters. The summed E-state index contributed by atoms with van der Waals surface area (Å²) in [6.07, 6.45) is 2.36. The van der Waals surface area contributed by atoms with E-state index in [2.05, 4.69) is 27.8 Å². The van der Waals surface area contributed by atoms with Crippen molar-refractivity contribution < 1.29 is 9.90 Å². The Labute approximate surface area is 110 Å². The van der Waals surface area contributed by atoms with Crippen LogP contribution in [0, 0.1) is 5.92 Å². The molecule has 0 aromatic heterocycles. The average Bonchev–Trinajstić information content (AvgIpc) is 2.30. The molecule has 1 aromatic rings. The van der Waals surface area contributed by atoms with E-state index in [0.29, 0.717) is 10.0 Å². The van der Waals surface area contributed by atoms with E-state index < -0.39 is 5.97 Å². The van der Waals surface area contributed by atoms with E-state index in [9.17, 15) is 4.79 Å². The van der Waals surface area contributed by atoms with Gasteiger partial charge < -0.3 is 10.0 Å². The second-order valence-electron chi connectivity index (χ2n) is 4.64. The fourth-order valence-corrected chi connectivity index (χ4v) is 2.56. The van der Waals surface area contributed by atoms with Gasteiger partial charge in [0.1, 0.15) is 0 Å². The van der Waals surface area contributed by atoms with Gasteiger partial charge in [0.2, 0.25) is 0 Å². The SMILES string of the molecule is CC1CCN(c2ccc(Br)c(C(=O)O)c2)CC1. The molecule has 1 N–H and O–H groups in total. The Bertz CT molecular complexity index is 425. The van der Waals surface area contributed by atoms with Crippen LogP contribution in [-0.4, -0.2) is 24.2 Å². The molecule has 92 valence electrons. The summed E-state index contributed by atoms with van der Waals surface area (Å²) in [6, 6.07) is 5.55. The fourth-order valence-electron chi connectivity index (χ4n) is 2.14. The van der Waals surface area contributed by atoms with Crippen LogP contribution in [0.1, 0.15) is 30.1 Å². The summed E-state index contributed by atoms with van der Waals surface area (Å²) >= 11 is 3.27. The highest BCUT2D eigenvalue weighted by molar-refractivity contribution is 9.10. The number of aromatic carboxylic acids is 1. The highest BCUT2D eigenvalue weighted by Crippen LogP contribution is 2.27. The molecule has 2 rings (SSSR count). The Morgan fingerprint density at radius 1 is 1.41 bits per heavy atom. The zero-order chi connectivity index (χ0) is 12.4. The van der Waals surface area contributed by atoms with Gasteiger partial charge in [0.25, 0.3) is 0 Å². The van der Waals surface area contributed by atoms with E-state index in [1.54, 1.807) is 6.07 Å². The van der Waals surface area contributed by atoms with Crippen LogP contribution in [0.4, 0.5) is 5.69 Å². The zero-order valence-corrected chi connectivity index (χ0v) is 11.4. The highest BCUT2D eigenvalue weighted by Gasteiger charge is 2.18. The molecule has 0 aliphatic carbocycles. The lowest BCUT2D eigenvalue weighted by Gasteiger charge is -2.32. The summed E-state index contributed by atoms with van der Waals surface area (Å²) in [5.41, 5.74) is 1.35. The van der Waals surface area contributed by atoms with Crippen molar-refractivity contribution in [2.75, 3.05) is 18.0 Å². The van der Waals surface area contributed by atoms with Gasteiger partial charge in [-0.1, -0.05) is 6.92 Å². The molecule has 1 aliphatic heterocycles. The van der Waals surface area contributed by atoms with Gasteiger partial charge in [-0.25, -0.2) is 4.79 Å². The van der Waals surface area contributed by atoms with Crippen molar-refractivity contribution in [3.05, 3.63) is 28.2 Å². The number of nitrogens with zero attached hydrogens (tertiary/aromatic N) is 1. The smallest absolute Gasteiger partial charge is 0.336 e. The Kier molecular flexibility index (Phi) is 3.72. The van der Waals surface area contributed by atoms with Gasteiger partial charge in [0.05, 0.1) is 5.56 Å². The summed E-state index contributed by atoms with van der Waals surface area (Å²) < 4.78 is 0.638. The monoisotopic (exact) mass is 297 g/mol. The number of rotatable bonds is 2. The number of carboxylic acid groups (broad SMARTS) is 1. The second-order valence-corrected chi connectivity index (χ2v) is 5.49. The van der Waals surface area contributed by atoms with E-state index in [1.165, 1.54) is 12.8 Å². The lowest BCUT2D eigenvalue weighted by atomic mass is 9.98. The zero-order valence-electron chi connectivity index (χ0n) is 9.82. The number of hydrogen-bond acceptors (Lipinski definition) is 2. The van der Waals surface area contributed by atoms with Crippen LogP contribution in [0.25, 0.3) is 0 Å². The van der Waals surface area contributed by atoms with Crippen LogP contribution in [0.5, 0.6) is 0 Å². The first kappa shape index (κ1) is 12.4. The van der Waals surface area contributed by atoms with Crippen LogP contribution in [0.3, 0.4) is 0 Å². The number of piperidine rings is 1. The second kappa shape index (κ2) is 5.08.